The lowest BCUT2D eigenvalue weighted by Crippen LogP contribution is -2.47. The van der Waals surface area contributed by atoms with Gasteiger partial charge in [-0.2, -0.15) is 0 Å². The number of rotatable bonds is 6. The highest BCUT2D eigenvalue weighted by Crippen LogP contribution is 2.41. The number of fused-ring (bicyclic) bond motifs is 1. The van der Waals surface area contributed by atoms with Crippen LogP contribution < -0.4 is 4.74 Å². The van der Waals surface area contributed by atoms with Gasteiger partial charge in [0.25, 0.3) is 0 Å². The van der Waals surface area contributed by atoms with E-state index in [2.05, 4.69) is 35.0 Å². The average molecular weight is 512 g/mol. The molecule has 0 saturated carbocycles. The van der Waals surface area contributed by atoms with Gasteiger partial charge in [-0.3, -0.25) is 0 Å². The van der Waals surface area contributed by atoms with Crippen LogP contribution in [0.4, 0.5) is 8.78 Å². The number of benzene rings is 2. The average Bonchev–Trinajstić information content (AvgIpc) is 3.19. The fourth-order valence-corrected chi connectivity index (χ4v) is 6.59. The van der Waals surface area contributed by atoms with Crippen molar-refractivity contribution < 1.29 is 18.3 Å². The summed E-state index contributed by atoms with van der Waals surface area (Å²) in [7, 11) is 1.69. The van der Waals surface area contributed by atoms with Crippen LogP contribution in [-0.4, -0.2) is 52.6 Å². The smallest absolute Gasteiger partial charge is 0.143 e. The molecular formula is C28H31F2N3O2S. The van der Waals surface area contributed by atoms with E-state index < -0.39 is 11.6 Å². The van der Waals surface area contributed by atoms with Crippen molar-refractivity contribution in [2.45, 2.75) is 49.3 Å². The maximum atomic E-state index is 13.9. The molecule has 2 atom stereocenters. The van der Waals surface area contributed by atoms with E-state index in [4.69, 9.17) is 9.47 Å². The van der Waals surface area contributed by atoms with Gasteiger partial charge in [0.1, 0.15) is 17.4 Å². The summed E-state index contributed by atoms with van der Waals surface area (Å²) in [5, 5.41) is 0.154. The van der Waals surface area contributed by atoms with Gasteiger partial charge < -0.3 is 18.9 Å². The molecule has 0 aliphatic carbocycles. The SMILES string of the molecule is CCC1=C(c2ccc(-n3cnc(C)c3)c(OC)c2)N2CCCC(Sc3cc(F)cc(F)c3)C2COC1. The molecule has 1 aromatic heterocycles. The Morgan fingerprint density at radius 3 is 2.67 bits per heavy atom. The number of ether oxygens (including phenoxy) is 2. The van der Waals surface area contributed by atoms with Crippen molar-refractivity contribution in [2.24, 2.45) is 0 Å². The summed E-state index contributed by atoms with van der Waals surface area (Å²) in [6.07, 6.45) is 6.60. The maximum Gasteiger partial charge on any atom is 0.143 e. The maximum absolute atomic E-state index is 13.9. The van der Waals surface area contributed by atoms with Crippen LogP contribution in [0.3, 0.4) is 0 Å². The molecule has 0 amide bonds. The van der Waals surface area contributed by atoms with E-state index in [1.165, 1.54) is 23.4 Å². The number of thioether (sulfide) groups is 1. The lowest BCUT2D eigenvalue weighted by Gasteiger charge is -2.43. The molecule has 2 aliphatic rings. The van der Waals surface area contributed by atoms with Crippen molar-refractivity contribution in [3.8, 4) is 11.4 Å². The highest BCUT2D eigenvalue weighted by atomic mass is 32.2. The molecular weight excluding hydrogens is 480 g/mol. The Morgan fingerprint density at radius 2 is 1.97 bits per heavy atom. The molecule has 1 fully saturated rings. The molecule has 2 aromatic carbocycles. The van der Waals surface area contributed by atoms with E-state index in [0.717, 1.165) is 54.6 Å². The zero-order valence-electron chi connectivity index (χ0n) is 20.8. The molecule has 5 rings (SSSR count). The number of aromatic nitrogens is 2. The highest BCUT2D eigenvalue weighted by Gasteiger charge is 2.36. The molecule has 0 bridgehead atoms. The van der Waals surface area contributed by atoms with Crippen LogP contribution in [0.1, 0.15) is 37.4 Å². The van der Waals surface area contributed by atoms with Gasteiger partial charge >= 0.3 is 0 Å². The second-order valence-electron chi connectivity index (χ2n) is 9.29. The number of piperidine rings is 1. The Kier molecular flexibility index (Phi) is 7.34. The fraction of sp³-hybridized carbons (Fsp3) is 0.393. The first-order chi connectivity index (χ1) is 17.5. The third-order valence-corrected chi connectivity index (χ3v) is 8.26. The van der Waals surface area contributed by atoms with E-state index in [1.54, 1.807) is 25.2 Å². The van der Waals surface area contributed by atoms with Crippen LogP contribution in [0.15, 0.2) is 59.4 Å². The van der Waals surface area contributed by atoms with Gasteiger partial charge in [-0.25, -0.2) is 13.8 Å². The highest BCUT2D eigenvalue weighted by molar-refractivity contribution is 8.00. The molecule has 8 heteroatoms. The van der Waals surface area contributed by atoms with E-state index in [1.807, 2.05) is 17.7 Å². The first-order valence-electron chi connectivity index (χ1n) is 12.4. The first kappa shape index (κ1) is 24.8. The lowest BCUT2D eigenvalue weighted by molar-refractivity contribution is 0.0937. The third-order valence-electron chi connectivity index (χ3n) is 6.90. The summed E-state index contributed by atoms with van der Waals surface area (Å²) in [4.78, 5) is 7.42. The first-order valence-corrected chi connectivity index (χ1v) is 13.2. The summed E-state index contributed by atoms with van der Waals surface area (Å²) < 4.78 is 41.7. The van der Waals surface area contributed by atoms with Crippen LogP contribution >= 0.6 is 11.8 Å². The van der Waals surface area contributed by atoms with Crippen molar-refractivity contribution >= 4 is 17.5 Å². The fourth-order valence-electron chi connectivity index (χ4n) is 5.21. The van der Waals surface area contributed by atoms with Gasteiger partial charge in [0.15, 0.2) is 0 Å². The quantitative estimate of drug-likeness (QED) is 0.392. The number of imidazole rings is 1. The monoisotopic (exact) mass is 511 g/mol. The second-order valence-corrected chi connectivity index (χ2v) is 10.6. The Hall–Kier alpha value is -2.84. The van der Waals surface area contributed by atoms with Crippen molar-refractivity contribution in [3.05, 3.63) is 77.4 Å². The summed E-state index contributed by atoms with van der Waals surface area (Å²) in [5.41, 5.74) is 5.39. The predicted octanol–water partition coefficient (Wildman–Crippen LogP) is 6.24. The molecule has 2 aliphatic heterocycles. The van der Waals surface area contributed by atoms with Gasteiger partial charge in [0.2, 0.25) is 0 Å². The summed E-state index contributed by atoms with van der Waals surface area (Å²) >= 11 is 1.54. The van der Waals surface area contributed by atoms with E-state index >= 15 is 0 Å². The molecule has 1 saturated heterocycles. The van der Waals surface area contributed by atoms with Crippen molar-refractivity contribution in [1.82, 2.24) is 14.5 Å². The van der Waals surface area contributed by atoms with E-state index in [0.29, 0.717) is 18.1 Å². The molecule has 5 nitrogen and oxygen atoms in total. The minimum absolute atomic E-state index is 0.0936. The second kappa shape index (κ2) is 10.6. The number of hydrogen-bond acceptors (Lipinski definition) is 5. The normalized spacial score (nSPS) is 20.3. The van der Waals surface area contributed by atoms with Gasteiger partial charge in [-0.05, 0) is 56.0 Å². The van der Waals surface area contributed by atoms with Crippen LogP contribution in [-0.2, 0) is 4.74 Å². The third kappa shape index (κ3) is 5.02. The van der Waals surface area contributed by atoms with Crippen LogP contribution in [0.5, 0.6) is 5.75 Å². The Labute approximate surface area is 215 Å². The molecule has 190 valence electrons. The molecule has 3 aromatic rings. The molecule has 0 spiro atoms. The molecule has 0 radical (unpaired) electrons. The van der Waals surface area contributed by atoms with Crippen molar-refractivity contribution in [3.63, 3.8) is 0 Å². The minimum Gasteiger partial charge on any atom is -0.495 e. The molecule has 3 heterocycles. The molecule has 0 N–H and O–H groups in total. The number of hydrogen-bond donors (Lipinski definition) is 0. The van der Waals surface area contributed by atoms with E-state index in [9.17, 15) is 8.78 Å². The van der Waals surface area contributed by atoms with Crippen LogP contribution in [0.2, 0.25) is 0 Å². The van der Waals surface area contributed by atoms with Crippen LogP contribution in [0, 0.1) is 18.6 Å². The van der Waals surface area contributed by atoms with Gasteiger partial charge in [0.05, 0.1) is 44.1 Å². The van der Waals surface area contributed by atoms with Gasteiger partial charge in [-0.15, -0.1) is 11.8 Å². The number of nitrogens with zero attached hydrogens (tertiary/aromatic N) is 3. The minimum atomic E-state index is -0.545. The lowest BCUT2D eigenvalue weighted by atomic mass is 9.96. The van der Waals surface area contributed by atoms with Crippen molar-refractivity contribution in [1.29, 1.82) is 0 Å². The zero-order chi connectivity index (χ0) is 25.2. The predicted molar refractivity (Wildman–Crippen MR) is 139 cm³/mol. The van der Waals surface area contributed by atoms with Crippen LogP contribution in [0.25, 0.3) is 11.4 Å². The van der Waals surface area contributed by atoms with Gasteiger partial charge in [-0.1, -0.05) is 13.0 Å². The molecule has 36 heavy (non-hydrogen) atoms. The Morgan fingerprint density at radius 1 is 1.17 bits per heavy atom. The Bertz CT molecular complexity index is 1260. The largest absolute Gasteiger partial charge is 0.495 e. The number of methoxy groups -OCH3 is 1. The topological polar surface area (TPSA) is 39.5 Å². The summed E-state index contributed by atoms with van der Waals surface area (Å²) in [6, 6.07) is 10.1. The van der Waals surface area contributed by atoms with Gasteiger partial charge in [0, 0.05) is 40.2 Å². The summed E-state index contributed by atoms with van der Waals surface area (Å²) in [6.45, 7) is 6.17. The Balaban J connectivity index is 1.51. The van der Waals surface area contributed by atoms with Crippen molar-refractivity contribution in [2.75, 3.05) is 26.9 Å². The number of halogens is 2. The number of aryl methyl sites for hydroxylation is 1. The standard InChI is InChI=1S/C28H31F2N3O2S/c1-4-19-15-35-16-25-27(36-23-12-21(29)11-22(30)13-23)6-5-9-33(25)28(19)20-7-8-24(26(10-20)34-3)32-14-18(2)31-17-32/h7-8,10-14,17,25,27H,4-6,9,15-16H2,1-3H3. The van der Waals surface area contributed by atoms with E-state index in [-0.39, 0.29) is 11.3 Å². The summed E-state index contributed by atoms with van der Waals surface area (Å²) in [5.74, 6) is -0.319. The molecule has 2 unspecified atom stereocenters. The zero-order valence-corrected chi connectivity index (χ0v) is 21.7.